The van der Waals surface area contributed by atoms with Crippen LogP contribution in [0.2, 0.25) is 0 Å². The SMILES string of the molecule is CSC(=Nc1ccc(CN(C)C)c(S(=O)(=O)O)c1)NC#N. The molecule has 0 aliphatic heterocycles. The summed E-state index contributed by atoms with van der Waals surface area (Å²) in [7, 11) is -0.756. The highest BCUT2D eigenvalue weighted by Gasteiger charge is 2.16. The summed E-state index contributed by atoms with van der Waals surface area (Å²) >= 11 is 1.21. The van der Waals surface area contributed by atoms with Gasteiger partial charge in [0.15, 0.2) is 11.4 Å². The van der Waals surface area contributed by atoms with Crippen molar-refractivity contribution >= 4 is 32.7 Å². The molecule has 7 nitrogen and oxygen atoms in total. The topological polar surface area (TPSA) is 106 Å². The van der Waals surface area contributed by atoms with Crippen LogP contribution < -0.4 is 5.32 Å². The van der Waals surface area contributed by atoms with Crippen LogP contribution in [0.5, 0.6) is 0 Å². The van der Waals surface area contributed by atoms with Gasteiger partial charge in [0.25, 0.3) is 10.1 Å². The summed E-state index contributed by atoms with van der Waals surface area (Å²) < 4.78 is 32.3. The molecule has 0 saturated heterocycles. The van der Waals surface area contributed by atoms with Crippen molar-refractivity contribution in [3.8, 4) is 6.19 Å². The van der Waals surface area contributed by atoms with Gasteiger partial charge in [0, 0.05) is 6.54 Å². The largest absolute Gasteiger partial charge is 0.305 e. The van der Waals surface area contributed by atoms with Crippen molar-refractivity contribution in [1.82, 2.24) is 10.2 Å². The first-order chi connectivity index (χ1) is 9.77. The van der Waals surface area contributed by atoms with Crippen molar-refractivity contribution in [3.63, 3.8) is 0 Å². The van der Waals surface area contributed by atoms with Gasteiger partial charge in [-0.05, 0) is 38.0 Å². The average Bonchev–Trinajstić information content (AvgIpc) is 2.38. The van der Waals surface area contributed by atoms with E-state index in [9.17, 15) is 13.0 Å². The summed E-state index contributed by atoms with van der Waals surface area (Å²) in [5, 5.41) is 11.3. The number of nitriles is 1. The van der Waals surface area contributed by atoms with Crippen LogP contribution in [-0.2, 0) is 16.7 Å². The summed E-state index contributed by atoms with van der Waals surface area (Å²) in [5.41, 5.74) is 0.803. The van der Waals surface area contributed by atoms with Crippen molar-refractivity contribution in [1.29, 1.82) is 5.26 Å². The van der Waals surface area contributed by atoms with E-state index in [1.165, 1.54) is 17.8 Å². The molecule has 0 saturated carbocycles. The summed E-state index contributed by atoms with van der Waals surface area (Å²) in [6.45, 7) is 0.366. The van der Waals surface area contributed by atoms with Crippen LogP contribution in [0.1, 0.15) is 5.56 Å². The van der Waals surface area contributed by atoms with E-state index in [1.54, 1.807) is 43.6 Å². The van der Waals surface area contributed by atoms with Crippen molar-refractivity contribution < 1.29 is 13.0 Å². The molecule has 1 aromatic carbocycles. The van der Waals surface area contributed by atoms with E-state index >= 15 is 0 Å². The number of hydrogen-bond donors (Lipinski definition) is 2. The molecule has 21 heavy (non-hydrogen) atoms. The van der Waals surface area contributed by atoms with Gasteiger partial charge < -0.3 is 4.90 Å². The lowest BCUT2D eigenvalue weighted by atomic mass is 10.2. The summed E-state index contributed by atoms with van der Waals surface area (Å²) in [4.78, 5) is 5.72. The maximum Gasteiger partial charge on any atom is 0.294 e. The molecule has 0 aliphatic rings. The Kier molecular flexibility index (Phi) is 6.17. The Morgan fingerprint density at radius 2 is 2.19 bits per heavy atom. The Bertz CT molecular complexity index is 678. The maximum absolute atomic E-state index is 11.5. The number of rotatable bonds is 4. The molecule has 0 fully saturated rings. The molecule has 9 heteroatoms. The lowest BCUT2D eigenvalue weighted by Gasteiger charge is -2.13. The predicted molar refractivity (Wildman–Crippen MR) is 83.0 cm³/mol. The minimum absolute atomic E-state index is 0.185. The first-order valence-electron chi connectivity index (χ1n) is 5.81. The van der Waals surface area contributed by atoms with Gasteiger partial charge in [-0.2, -0.15) is 13.7 Å². The Hall–Kier alpha value is -1.60. The third-order valence-electron chi connectivity index (χ3n) is 2.40. The third kappa shape index (κ3) is 5.35. The smallest absolute Gasteiger partial charge is 0.294 e. The standard InChI is InChI=1S/C12H16N4O3S2/c1-16(2)7-9-4-5-10(6-11(9)21(17,18)19)15-12(20-3)14-8-13/h4-6H,7H2,1-3H3,(H,14,15)(H,17,18,19). The molecule has 0 atom stereocenters. The molecule has 2 N–H and O–H groups in total. The van der Waals surface area contributed by atoms with Gasteiger partial charge in [-0.15, -0.1) is 0 Å². The van der Waals surface area contributed by atoms with E-state index in [1.807, 2.05) is 0 Å². The number of aliphatic imine (C=N–C) groups is 1. The molecular formula is C12H16N4O3S2. The third-order valence-corrected chi connectivity index (χ3v) is 3.92. The van der Waals surface area contributed by atoms with Gasteiger partial charge in [0.1, 0.15) is 4.90 Å². The average molecular weight is 328 g/mol. The van der Waals surface area contributed by atoms with Crippen molar-refractivity contribution in [2.24, 2.45) is 4.99 Å². The van der Waals surface area contributed by atoms with Crippen molar-refractivity contribution in [3.05, 3.63) is 23.8 Å². The number of hydrogen-bond acceptors (Lipinski definition) is 6. The normalized spacial score (nSPS) is 12.3. The fraction of sp³-hybridized carbons (Fsp3) is 0.333. The minimum Gasteiger partial charge on any atom is -0.305 e. The fourth-order valence-corrected chi connectivity index (χ4v) is 2.69. The van der Waals surface area contributed by atoms with Gasteiger partial charge in [-0.25, -0.2) is 4.99 Å². The minimum atomic E-state index is -4.34. The molecule has 1 aromatic rings. The number of nitrogens with zero attached hydrogens (tertiary/aromatic N) is 3. The number of amidine groups is 1. The highest BCUT2D eigenvalue weighted by Crippen LogP contribution is 2.24. The first kappa shape index (κ1) is 17.5. The summed E-state index contributed by atoms with van der Waals surface area (Å²) in [5.74, 6) is 0. The van der Waals surface area contributed by atoms with E-state index in [0.29, 0.717) is 23.0 Å². The van der Waals surface area contributed by atoms with Crippen LogP contribution in [0, 0.1) is 11.5 Å². The lowest BCUT2D eigenvalue weighted by Crippen LogP contribution is -2.14. The summed E-state index contributed by atoms with van der Waals surface area (Å²) in [6.07, 6.45) is 3.47. The second-order valence-corrected chi connectivity index (χ2v) is 6.55. The zero-order valence-electron chi connectivity index (χ0n) is 11.9. The number of thioether (sulfide) groups is 1. The Morgan fingerprint density at radius 3 is 2.67 bits per heavy atom. The lowest BCUT2D eigenvalue weighted by molar-refractivity contribution is 0.397. The fourth-order valence-electron chi connectivity index (χ4n) is 1.61. The molecule has 0 heterocycles. The zero-order chi connectivity index (χ0) is 16.0. The first-order valence-corrected chi connectivity index (χ1v) is 8.47. The van der Waals surface area contributed by atoms with E-state index in [0.717, 1.165) is 0 Å². The predicted octanol–water partition coefficient (Wildman–Crippen LogP) is 1.42. The number of nitrogens with one attached hydrogen (secondary N) is 1. The molecule has 0 aromatic heterocycles. The monoisotopic (exact) mass is 328 g/mol. The second-order valence-electron chi connectivity index (χ2n) is 4.36. The van der Waals surface area contributed by atoms with Crippen LogP contribution >= 0.6 is 11.8 Å². The van der Waals surface area contributed by atoms with Crippen LogP contribution in [-0.4, -0.2) is 43.4 Å². The molecule has 0 radical (unpaired) electrons. The molecular weight excluding hydrogens is 312 g/mol. The molecule has 1 rings (SSSR count). The Balaban J connectivity index is 3.32. The van der Waals surface area contributed by atoms with E-state index in [-0.39, 0.29) is 4.90 Å². The Labute approximate surface area is 128 Å². The van der Waals surface area contributed by atoms with Gasteiger partial charge in [0.2, 0.25) is 0 Å². The molecule has 0 unspecified atom stereocenters. The molecule has 114 valence electrons. The van der Waals surface area contributed by atoms with Crippen LogP contribution in [0.25, 0.3) is 0 Å². The highest BCUT2D eigenvalue weighted by atomic mass is 32.2. The maximum atomic E-state index is 11.5. The molecule has 0 aliphatic carbocycles. The van der Waals surface area contributed by atoms with Crippen LogP contribution in [0.15, 0.2) is 28.1 Å². The van der Waals surface area contributed by atoms with E-state index < -0.39 is 10.1 Å². The van der Waals surface area contributed by atoms with Crippen LogP contribution in [0.4, 0.5) is 5.69 Å². The molecule has 0 amide bonds. The Morgan fingerprint density at radius 1 is 1.52 bits per heavy atom. The van der Waals surface area contributed by atoms with Crippen molar-refractivity contribution in [2.45, 2.75) is 11.4 Å². The van der Waals surface area contributed by atoms with Crippen LogP contribution in [0.3, 0.4) is 0 Å². The quantitative estimate of drug-likeness (QED) is 0.283. The van der Waals surface area contributed by atoms with E-state index in [2.05, 4.69) is 10.3 Å². The molecule has 0 bridgehead atoms. The van der Waals surface area contributed by atoms with E-state index in [4.69, 9.17) is 5.26 Å². The van der Waals surface area contributed by atoms with Gasteiger partial charge in [-0.1, -0.05) is 17.8 Å². The molecule has 0 spiro atoms. The van der Waals surface area contributed by atoms with Gasteiger partial charge in [-0.3, -0.25) is 9.87 Å². The summed E-state index contributed by atoms with van der Waals surface area (Å²) in [6, 6.07) is 4.50. The van der Waals surface area contributed by atoms with Gasteiger partial charge >= 0.3 is 0 Å². The number of benzene rings is 1. The second kappa shape index (κ2) is 7.42. The highest BCUT2D eigenvalue weighted by molar-refractivity contribution is 8.13. The zero-order valence-corrected chi connectivity index (χ0v) is 13.5. The van der Waals surface area contributed by atoms with Gasteiger partial charge in [0.05, 0.1) is 5.69 Å². The van der Waals surface area contributed by atoms with Crippen molar-refractivity contribution in [2.75, 3.05) is 20.4 Å².